The molecule has 0 atom stereocenters. The number of carbonyl (C=O) groups is 1. The molecule has 98 valence electrons. The quantitative estimate of drug-likeness (QED) is 0.609. The minimum Gasteiger partial charge on any atom is -0.478 e. The van der Waals surface area contributed by atoms with E-state index >= 15 is 0 Å². The van der Waals surface area contributed by atoms with Gasteiger partial charge in [0.25, 0.3) is 0 Å². The van der Waals surface area contributed by atoms with Crippen molar-refractivity contribution in [2.45, 2.75) is 47.0 Å². The van der Waals surface area contributed by atoms with Crippen LogP contribution in [0.25, 0.3) is 0 Å². The van der Waals surface area contributed by atoms with Gasteiger partial charge in [0.15, 0.2) is 0 Å². The van der Waals surface area contributed by atoms with E-state index in [-0.39, 0.29) is 0 Å². The van der Waals surface area contributed by atoms with Gasteiger partial charge in [0.1, 0.15) is 5.76 Å². The van der Waals surface area contributed by atoms with Gasteiger partial charge in [-0.2, -0.15) is 0 Å². The zero-order valence-corrected chi connectivity index (χ0v) is 11.2. The van der Waals surface area contributed by atoms with Crippen LogP contribution in [0.1, 0.15) is 47.0 Å². The molecule has 0 aromatic rings. The van der Waals surface area contributed by atoms with Crippen molar-refractivity contribution in [1.82, 2.24) is 5.06 Å². The fourth-order valence-electron chi connectivity index (χ4n) is 2.19. The molecule has 4 heteroatoms. The second-order valence-electron chi connectivity index (χ2n) is 5.57. The van der Waals surface area contributed by atoms with E-state index in [9.17, 15) is 9.90 Å². The Balaban J connectivity index is 2.80. The lowest BCUT2D eigenvalue weighted by atomic mass is 9.86. The van der Waals surface area contributed by atoms with Crippen molar-refractivity contribution in [3.8, 4) is 0 Å². The Labute approximate surface area is 103 Å². The fraction of sp³-hybridized carbons (Fsp3) is 0.769. The number of hydroxylamine groups is 2. The minimum atomic E-state index is -0.896. The molecule has 0 bridgehead atoms. The van der Waals surface area contributed by atoms with Crippen LogP contribution in [-0.4, -0.2) is 29.2 Å². The highest BCUT2D eigenvalue weighted by Crippen LogP contribution is 2.29. The first-order valence-corrected chi connectivity index (χ1v) is 6.20. The summed E-state index contributed by atoms with van der Waals surface area (Å²) in [6.45, 7) is 9.17. The monoisotopic (exact) mass is 241 g/mol. The Hall–Kier alpha value is -1.03. The van der Waals surface area contributed by atoms with E-state index in [0.29, 0.717) is 11.3 Å². The van der Waals surface area contributed by atoms with Gasteiger partial charge in [-0.05, 0) is 25.2 Å². The van der Waals surface area contributed by atoms with Crippen molar-refractivity contribution >= 4 is 5.97 Å². The van der Waals surface area contributed by atoms with Crippen molar-refractivity contribution in [2.75, 3.05) is 13.1 Å². The van der Waals surface area contributed by atoms with Crippen LogP contribution in [0.2, 0.25) is 0 Å². The van der Waals surface area contributed by atoms with Crippen LogP contribution in [-0.2, 0) is 9.63 Å². The molecule has 0 amide bonds. The number of carboxylic acids is 1. The number of hydrogen-bond acceptors (Lipinski definition) is 3. The van der Waals surface area contributed by atoms with Gasteiger partial charge in [-0.3, -0.25) is 0 Å². The third-order valence-electron chi connectivity index (χ3n) is 2.90. The van der Waals surface area contributed by atoms with E-state index in [0.717, 1.165) is 25.9 Å². The predicted molar refractivity (Wildman–Crippen MR) is 66.3 cm³/mol. The molecule has 1 fully saturated rings. The molecule has 17 heavy (non-hydrogen) atoms. The van der Waals surface area contributed by atoms with Crippen LogP contribution in [0, 0.1) is 5.41 Å². The summed E-state index contributed by atoms with van der Waals surface area (Å²) in [7, 11) is 0. The topological polar surface area (TPSA) is 49.8 Å². The highest BCUT2D eigenvalue weighted by atomic mass is 16.7. The molecule has 4 nitrogen and oxygen atoms in total. The van der Waals surface area contributed by atoms with Gasteiger partial charge in [-0.1, -0.05) is 27.2 Å². The van der Waals surface area contributed by atoms with Crippen LogP contribution in [0.5, 0.6) is 0 Å². The normalized spacial score (nSPS) is 19.8. The third-order valence-corrected chi connectivity index (χ3v) is 2.90. The van der Waals surface area contributed by atoms with E-state index in [4.69, 9.17) is 4.84 Å². The lowest BCUT2D eigenvalue weighted by Gasteiger charge is -2.29. The summed E-state index contributed by atoms with van der Waals surface area (Å²) in [5.74, 6) is -0.390. The number of nitrogens with zero attached hydrogens (tertiary/aromatic N) is 1. The van der Waals surface area contributed by atoms with Crippen LogP contribution < -0.4 is 0 Å². The molecule has 0 spiro atoms. The van der Waals surface area contributed by atoms with Gasteiger partial charge < -0.3 is 9.94 Å². The molecule has 0 radical (unpaired) electrons. The summed E-state index contributed by atoms with van der Waals surface area (Å²) in [6.07, 6.45) is 3.46. The maximum Gasteiger partial charge on any atom is 0.335 e. The number of aliphatic carboxylic acids is 1. The first-order chi connectivity index (χ1) is 7.82. The lowest BCUT2D eigenvalue weighted by Crippen LogP contribution is -2.31. The summed E-state index contributed by atoms with van der Waals surface area (Å²) >= 11 is 0. The highest BCUT2D eigenvalue weighted by Gasteiger charge is 2.28. The summed E-state index contributed by atoms with van der Waals surface area (Å²) < 4.78 is 0. The average molecular weight is 241 g/mol. The van der Waals surface area contributed by atoms with Crippen molar-refractivity contribution in [2.24, 2.45) is 5.41 Å². The van der Waals surface area contributed by atoms with Gasteiger partial charge in [0.2, 0.25) is 0 Å². The smallest absolute Gasteiger partial charge is 0.335 e. The number of carboxylic acid groups (broad SMARTS) is 1. The van der Waals surface area contributed by atoms with Gasteiger partial charge >= 0.3 is 5.97 Å². The minimum absolute atomic E-state index is 0.350. The molecule has 0 aromatic carbocycles. The largest absolute Gasteiger partial charge is 0.478 e. The van der Waals surface area contributed by atoms with E-state index in [1.807, 2.05) is 25.8 Å². The zero-order valence-electron chi connectivity index (χ0n) is 11.2. The first-order valence-electron chi connectivity index (χ1n) is 6.20. The Morgan fingerprint density at radius 2 is 1.71 bits per heavy atom. The molecule has 0 saturated carbocycles. The van der Waals surface area contributed by atoms with E-state index in [1.54, 1.807) is 6.92 Å². The van der Waals surface area contributed by atoms with Gasteiger partial charge in [0.05, 0.1) is 5.57 Å². The molecule has 0 unspecified atom stereocenters. The summed E-state index contributed by atoms with van der Waals surface area (Å²) in [5, 5.41) is 11.1. The molecule has 1 aliphatic heterocycles. The second kappa shape index (κ2) is 5.54. The SMILES string of the molecule is CC(ON1CCCCC1)=C(C(=O)O)C(C)(C)C. The second-order valence-corrected chi connectivity index (χ2v) is 5.57. The van der Waals surface area contributed by atoms with Crippen molar-refractivity contribution in [1.29, 1.82) is 0 Å². The summed E-state index contributed by atoms with van der Waals surface area (Å²) in [6, 6.07) is 0. The Morgan fingerprint density at radius 3 is 2.12 bits per heavy atom. The number of allylic oxidation sites excluding steroid dienone is 1. The number of rotatable bonds is 3. The molecule has 0 aromatic heterocycles. The number of hydrogen-bond donors (Lipinski definition) is 1. The molecular weight excluding hydrogens is 218 g/mol. The van der Waals surface area contributed by atoms with Crippen molar-refractivity contribution < 1.29 is 14.7 Å². The third kappa shape index (κ3) is 4.04. The Bertz CT molecular complexity index is 309. The molecule has 1 aliphatic rings. The predicted octanol–water partition coefficient (Wildman–Crippen LogP) is 2.81. The lowest BCUT2D eigenvalue weighted by molar-refractivity contribution is -0.141. The zero-order chi connectivity index (χ0) is 13.1. The Morgan fingerprint density at radius 1 is 1.18 bits per heavy atom. The molecule has 1 heterocycles. The molecule has 1 saturated heterocycles. The van der Waals surface area contributed by atoms with Crippen LogP contribution >= 0.6 is 0 Å². The standard InChI is InChI=1S/C13H23NO3/c1-10(11(12(15)16)13(2,3)4)17-14-8-6-5-7-9-14/h5-9H2,1-4H3,(H,15,16). The molecule has 1 rings (SSSR count). The van der Waals surface area contributed by atoms with Crippen LogP contribution in [0.15, 0.2) is 11.3 Å². The van der Waals surface area contributed by atoms with Gasteiger partial charge in [-0.25, -0.2) is 4.79 Å². The number of piperidine rings is 1. The molecule has 1 N–H and O–H groups in total. The van der Waals surface area contributed by atoms with Crippen molar-refractivity contribution in [3.05, 3.63) is 11.3 Å². The van der Waals surface area contributed by atoms with Crippen LogP contribution in [0.3, 0.4) is 0 Å². The van der Waals surface area contributed by atoms with Gasteiger partial charge in [0, 0.05) is 13.1 Å². The molecular formula is C13H23NO3. The van der Waals surface area contributed by atoms with E-state index in [2.05, 4.69) is 0 Å². The maximum absolute atomic E-state index is 11.3. The highest BCUT2D eigenvalue weighted by molar-refractivity contribution is 5.88. The first kappa shape index (κ1) is 14.0. The van der Waals surface area contributed by atoms with E-state index < -0.39 is 11.4 Å². The van der Waals surface area contributed by atoms with Crippen molar-refractivity contribution in [3.63, 3.8) is 0 Å². The summed E-state index contributed by atoms with van der Waals surface area (Å²) in [5.41, 5.74) is -0.0609. The average Bonchev–Trinajstić information content (AvgIpc) is 2.15. The maximum atomic E-state index is 11.3. The summed E-state index contributed by atoms with van der Waals surface area (Å²) in [4.78, 5) is 16.9. The van der Waals surface area contributed by atoms with Crippen LogP contribution in [0.4, 0.5) is 0 Å². The molecule has 0 aliphatic carbocycles. The van der Waals surface area contributed by atoms with E-state index in [1.165, 1.54) is 6.42 Å². The fourth-order valence-corrected chi connectivity index (χ4v) is 2.19. The Kier molecular flexibility index (Phi) is 4.57. The van der Waals surface area contributed by atoms with Gasteiger partial charge in [-0.15, -0.1) is 5.06 Å².